The fraction of sp³-hybridized carbons (Fsp3) is 0.536. The van der Waals surface area contributed by atoms with Crippen molar-refractivity contribution >= 4 is 11.3 Å². The number of benzene rings is 1. The van der Waals surface area contributed by atoms with Gasteiger partial charge >= 0.3 is 0 Å². The van der Waals surface area contributed by atoms with Crippen LogP contribution in [0.15, 0.2) is 52.6 Å². The minimum atomic E-state index is -1.29. The maximum atomic E-state index is 13.4. The molecule has 0 heterocycles. The molecule has 30 heavy (non-hydrogen) atoms. The molecule has 0 fully saturated rings. The van der Waals surface area contributed by atoms with Gasteiger partial charge in [0, 0.05) is 7.05 Å². The van der Waals surface area contributed by atoms with E-state index in [2.05, 4.69) is 50.5 Å². The Bertz CT molecular complexity index is 785. The largest absolute Gasteiger partial charge is 0.288 e. The normalized spacial score (nSPS) is 15.0. The number of nitrogens with zero attached hydrogens (tertiary/aromatic N) is 1. The summed E-state index contributed by atoms with van der Waals surface area (Å²) in [7, 11) is 1.68. The molecule has 0 radical (unpaired) electrons. The number of halogens is 1. The number of aliphatic imine (C=N–C) groups is 1. The molecule has 1 aromatic carbocycles. The zero-order chi connectivity index (χ0) is 23.5. The fourth-order valence-corrected chi connectivity index (χ4v) is 3.24. The number of hydrogen-bond donors (Lipinski definition) is 0. The predicted molar refractivity (Wildman–Crippen MR) is 135 cm³/mol. The number of aryl methyl sites for hydroxylation is 2. The van der Waals surface area contributed by atoms with Crippen molar-refractivity contribution in [3.8, 4) is 0 Å². The lowest BCUT2D eigenvalue weighted by molar-refractivity contribution is 0.268. The van der Waals surface area contributed by atoms with Crippen LogP contribution in [0.3, 0.4) is 0 Å². The highest BCUT2D eigenvalue weighted by molar-refractivity contribution is 6.07. The maximum absolute atomic E-state index is 13.4. The average molecular weight is 414 g/mol. The summed E-state index contributed by atoms with van der Waals surface area (Å²) in [5.74, 6) is 0. The van der Waals surface area contributed by atoms with Crippen LogP contribution in [0.25, 0.3) is 5.57 Å². The highest BCUT2D eigenvalue weighted by atomic mass is 19.1. The summed E-state index contributed by atoms with van der Waals surface area (Å²) >= 11 is 0. The average Bonchev–Trinajstić information content (AvgIpc) is 2.69. The minimum absolute atomic E-state index is 0.663. The number of hydrogen-bond acceptors (Lipinski definition) is 1. The van der Waals surface area contributed by atoms with Crippen LogP contribution in [0.4, 0.5) is 4.39 Å². The number of allylic oxidation sites excluding steroid dienone is 5. The highest BCUT2D eigenvalue weighted by Gasteiger charge is 2.18. The fourth-order valence-electron chi connectivity index (χ4n) is 3.24. The molecule has 0 bridgehead atoms. The molecule has 0 aromatic heterocycles. The first kappa shape index (κ1) is 28.0. The topological polar surface area (TPSA) is 12.4 Å². The molecule has 0 saturated carbocycles. The summed E-state index contributed by atoms with van der Waals surface area (Å²) < 4.78 is 13.4. The van der Waals surface area contributed by atoms with E-state index in [1.165, 1.54) is 56.2 Å². The molecule has 0 saturated heterocycles. The van der Waals surface area contributed by atoms with Crippen molar-refractivity contribution in [2.24, 2.45) is 4.99 Å². The molecule has 1 aliphatic rings. The van der Waals surface area contributed by atoms with Crippen molar-refractivity contribution in [2.45, 2.75) is 93.7 Å². The van der Waals surface area contributed by atoms with Gasteiger partial charge in [0.2, 0.25) is 0 Å². The van der Waals surface area contributed by atoms with E-state index in [9.17, 15) is 4.39 Å². The smallest absolute Gasteiger partial charge is 0.126 e. The molecular formula is C28H44FN. The van der Waals surface area contributed by atoms with Crippen molar-refractivity contribution in [2.75, 3.05) is 7.05 Å². The molecule has 0 amide bonds. The molecule has 2 heteroatoms. The minimum Gasteiger partial charge on any atom is -0.288 e. The third-order valence-electron chi connectivity index (χ3n) is 5.43. The van der Waals surface area contributed by atoms with Crippen molar-refractivity contribution in [1.29, 1.82) is 0 Å². The molecule has 168 valence electrons. The Kier molecular flexibility index (Phi) is 12.5. The highest BCUT2D eigenvalue weighted by Crippen LogP contribution is 2.33. The molecule has 0 atom stereocenters. The van der Waals surface area contributed by atoms with E-state index in [-0.39, 0.29) is 0 Å². The molecule has 0 aliphatic heterocycles. The first-order chi connectivity index (χ1) is 14.0. The van der Waals surface area contributed by atoms with E-state index in [4.69, 9.17) is 0 Å². The van der Waals surface area contributed by atoms with Gasteiger partial charge in [0.05, 0.1) is 5.71 Å². The Morgan fingerprint density at radius 3 is 2.10 bits per heavy atom. The molecular weight excluding hydrogens is 369 g/mol. The lowest BCUT2D eigenvalue weighted by Gasteiger charge is -2.20. The van der Waals surface area contributed by atoms with Gasteiger partial charge in [-0.05, 0) is 108 Å². The molecule has 1 aromatic rings. The lowest BCUT2D eigenvalue weighted by atomic mass is 9.86. The van der Waals surface area contributed by atoms with Crippen LogP contribution < -0.4 is 0 Å². The summed E-state index contributed by atoms with van der Waals surface area (Å²) in [6.07, 6.45) is 7.04. The Hall–Kier alpha value is -1.96. The van der Waals surface area contributed by atoms with E-state index in [1.807, 2.05) is 20.8 Å². The molecule has 1 nitrogen and oxygen atoms in total. The zero-order valence-electron chi connectivity index (χ0n) is 21.2. The summed E-state index contributed by atoms with van der Waals surface area (Å²) in [6, 6.07) is 6.80. The molecule has 0 unspecified atom stereocenters. The Morgan fingerprint density at radius 2 is 1.63 bits per heavy atom. The van der Waals surface area contributed by atoms with Gasteiger partial charge in [0.15, 0.2) is 0 Å². The van der Waals surface area contributed by atoms with Gasteiger partial charge in [-0.3, -0.25) is 4.99 Å². The zero-order valence-corrected chi connectivity index (χ0v) is 21.2. The Morgan fingerprint density at radius 1 is 1.07 bits per heavy atom. The third-order valence-corrected chi connectivity index (χ3v) is 5.43. The summed E-state index contributed by atoms with van der Waals surface area (Å²) in [5, 5.41) is 0. The summed E-state index contributed by atoms with van der Waals surface area (Å²) in [5.41, 5.74) is 8.50. The van der Waals surface area contributed by atoms with Gasteiger partial charge < -0.3 is 0 Å². The monoisotopic (exact) mass is 413 g/mol. The first-order valence-corrected chi connectivity index (χ1v) is 11.2. The van der Waals surface area contributed by atoms with Crippen LogP contribution >= 0.6 is 0 Å². The van der Waals surface area contributed by atoms with E-state index >= 15 is 0 Å². The Labute approximate surface area is 185 Å². The molecule has 1 aliphatic carbocycles. The number of alkyl halides is 1. The standard InChI is InChI=1S/C15H20.C11H18FN.C2H6/c1-11-8-9-13(3)15(10-11)14-7-5-4-6-12(14)2;1-8(2)10(13-6)7-9(3)11(4,5)12;1-2/h8-10H,4-7H2,1-3H3;7H,1H2,2-6H3;1-2H3/b;9-7+,13-10?;. The van der Waals surface area contributed by atoms with Crippen LogP contribution in [0.2, 0.25) is 0 Å². The SMILES string of the molecule is C=C(C)C(/C=C(\C)C(C)(C)F)=NC.CC.CC1=C(c2cc(C)ccc2C)CCCC1. The van der Waals surface area contributed by atoms with Gasteiger partial charge in [0.1, 0.15) is 5.67 Å². The van der Waals surface area contributed by atoms with Gasteiger partial charge in [-0.2, -0.15) is 0 Å². The van der Waals surface area contributed by atoms with Crippen LogP contribution in [0.1, 0.15) is 90.8 Å². The third kappa shape index (κ3) is 9.24. The van der Waals surface area contributed by atoms with Crippen molar-refractivity contribution in [3.63, 3.8) is 0 Å². The molecule has 0 spiro atoms. The lowest BCUT2D eigenvalue weighted by Crippen LogP contribution is -2.14. The quantitative estimate of drug-likeness (QED) is 0.437. The second-order valence-corrected chi connectivity index (χ2v) is 8.47. The van der Waals surface area contributed by atoms with E-state index < -0.39 is 5.67 Å². The number of rotatable bonds is 4. The van der Waals surface area contributed by atoms with Gasteiger partial charge in [-0.25, -0.2) is 4.39 Å². The first-order valence-electron chi connectivity index (χ1n) is 11.2. The maximum Gasteiger partial charge on any atom is 0.126 e. The van der Waals surface area contributed by atoms with E-state index in [0.29, 0.717) is 5.57 Å². The summed E-state index contributed by atoms with van der Waals surface area (Å²) in [6.45, 7) is 21.2. The van der Waals surface area contributed by atoms with Gasteiger partial charge in [-0.1, -0.05) is 49.8 Å². The van der Waals surface area contributed by atoms with Crippen molar-refractivity contribution < 1.29 is 4.39 Å². The van der Waals surface area contributed by atoms with E-state index in [1.54, 1.807) is 31.2 Å². The van der Waals surface area contributed by atoms with Gasteiger partial charge in [-0.15, -0.1) is 0 Å². The Balaban J connectivity index is 0.000000524. The second kappa shape index (κ2) is 13.4. The van der Waals surface area contributed by atoms with E-state index in [0.717, 1.165) is 11.3 Å². The molecule has 2 rings (SSSR count). The van der Waals surface area contributed by atoms with Crippen molar-refractivity contribution in [3.05, 3.63) is 64.3 Å². The van der Waals surface area contributed by atoms with Crippen LogP contribution in [-0.2, 0) is 0 Å². The van der Waals surface area contributed by atoms with Crippen molar-refractivity contribution in [1.82, 2.24) is 0 Å². The van der Waals surface area contributed by atoms with Crippen LogP contribution in [0, 0.1) is 13.8 Å². The summed E-state index contributed by atoms with van der Waals surface area (Å²) in [4.78, 5) is 4.02. The second-order valence-electron chi connectivity index (χ2n) is 8.47. The predicted octanol–water partition coefficient (Wildman–Crippen LogP) is 9.00. The van der Waals surface area contributed by atoms with Crippen LogP contribution in [0.5, 0.6) is 0 Å². The van der Waals surface area contributed by atoms with Crippen LogP contribution in [-0.4, -0.2) is 18.4 Å². The molecule has 0 N–H and O–H groups in total. The van der Waals surface area contributed by atoms with Gasteiger partial charge in [0.25, 0.3) is 0 Å².